The van der Waals surface area contributed by atoms with Crippen LogP contribution in [0.25, 0.3) is 0 Å². The molecular weight excluding hydrogens is 208 g/mol. The average molecular weight is 230 g/mol. The lowest BCUT2D eigenvalue weighted by atomic mass is 10.0. The van der Waals surface area contributed by atoms with Crippen molar-refractivity contribution in [1.29, 1.82) is 0 Å². The third-order valence-corrected chi connectivity index (χ3v) is 3.14. The van der Waals surface area contributed by atoms with Gasteiger partial charge in [0.15, 0.2) is 0 Å². The first kappa shape index (κ1) is 12.3. The Morgan fingerprint density at radius 1 is 1.00 bits per heavy atom. The van der Waals surface area contributed by atoms with Gasteiger partial charge < -0.3 is 18.9 Å². The van der Waals surface area contributed by atoms with Gasteiger partial charge in [0.1, 0.15) is 12.2 Å². The molecule has 16 heavy (non-hydrogen) atoms. The molecule has 0 N–H and O–H groups in total. The first-order valence-corrected chi connectivity index (χ1v) is 6.34. The summed E-state index contributed by atoms with van der Waals surface area (Å²) < 4.78 is 22.7. The number of ether oxygens (including phenoxy) is 4. The smallest absolute Gasteiger partial charge is 0.112 e. The molecule has 2 rings (SSSR count). The Labute approximate surface area is 97.2 Å². The molecule has 2 aliphatic rings. The van der Waals surface area contributed by atoms with E-state index >= 15 is 0 Å². The molecule has 3 atom stereocenters. The minimum atomic E-state index is 0.0518. The first-order chi connectivity index (χ1) is 7.92. The van der Waals surface area contributed by atoms with Crippen LogP contribution in [-0.2, 0) is 18.9 Å². The summed E-state index contributed by atoms with van der Waals surface area (Å²) in [7, 11) is 0. The Balaban J connectivity index is 1.86. The number of unbranched alkanes of at least 4 members (excludes halogenated alkanes) is 1. The summed E-state index contributed by atoms with van der Waals surface area (Å²) in [4.78, 5) is 0. The van der Waals surface area contributed by atoms with E-state index in [4.69, 9.17) is 18.9 Å². The Kier molecular flexibility index (Phi) is 5.03. The molecule has 2 fully saturated rings. The molecule has 0 aromatic heterocycles. The Bertz CT molecular complexity index is 191. The minimum absolute atomic E-state index is 0.0518. The SMILES string of the molecule is CCCC[C@@H]1OCCO[C@H]1[C@@H]1COCCO1. The van der Waals surface area contributed by atoms with Crippen molar-refractivity contribution in [3.63, 3.8) is 0 Å². The highest BCUT2D eigenvalue weighted by atomic mass is 16.6. The molecule has 2 heterocycles. The van der Waals surface area contributed by atoms with Crippen LogP contribution in [0.4, 0.5) is 0 Å². The topological polar surface area (TPSA) is 36.9 Å². The summed E-state index contributed by atoms with van der Waals surface area (Å²) >= 11 is 0. The highest BCUT2D eigenvalue weighted by molar-refractivity contribution is 4.83. The Morgan fingerprint density at radius 2 is 1.81 bits per heavy atom. The lowest BCUT2D eigenvalue weighted by Gasteiger charge is -2.38. The zero-order valence-electron chi connectivity index (χ0n) is 10.0. The maximum Gasteiger partial charge on any atom is 0.112 e. The third kappa shape index (κ3) is 3.17. The van der Waals surface area contributed by atoms with Crippen LogP contribution in [0.1, 0.15) is 26.2 Å². The molecule has 0 bridgehead atoms. The van der Waals surface area contributed by atoms with E-state index in [1.807, 2.05) is 0 Å². The van der Waals surface area contributed by atoms with Crippen molar-refractivity contribution in [3.05, 3.63) is 0 Å². The van der Waals surface area contributed by atoms with Crippen molar-refractivity contribution >= 4 is 0 Å². The summed E-state index contributed by atoms with van der Waals surface area (Å²) in [5.41, 5.74) is 0. The summed E-state index contributed by atoms with van der Waals surface area (Å²) in [6.45, 7) is 5.58. The molecule has 2 saturated heterocycles. The number of rotatable bonds is 4. The van der Waals surface area contributed by atoms with Crippen molar-refractivity contribution in [3.8, 4) is 0 Å². The summed E-state index contributed by atoms with van der Waals surface area (Å²) in [6, 6.07) is 0. The third-order valence-electron chi connectivity index (χ3n) is 3.14. The Morgan fingerprint density at radius 3 is 2.56 bits per heavy atom. The van der Waals surface area contributed by atoms with Crippen LogP contribution in [0.3, 0.4) is 0 Å². The van der Waals surface area contributed by atoms with Crippen LogP contribution < -0.4 is 0 Å². The zero-order chi connectivity index (χ0) is 11.2. The normalized spacial score (nSPS) is 36.2. The van der Waals surface area contributed by atoms with E-state index in [9.17, 15) is 0 Å². The van der Waals surface area contributed by atoms with Crippen LogP contribution >= 0.6 is 0 Å². The fraction of sp³-hybridized carbons (Fsp3) is 1.00. The highest BCUT2D eigenvalue weighted by Crippen LogP contribution is 2.22. The van der Waals surface area contributed by atoms with Gasteiger partial charge in [-0.05, 0) is 6.42 Å². The van der Waals surface area contributed by atoms with Crippen LogP contribution in [0, 0.1) is 0 Å². The molecule has 0 saturated carbocycles. The zero-order valence-corrected chi connectivity index (χ0v) is 10.0. The minimum Gasteiger partial charge on any atom is -0.376 e. The maximum absolute atomic E-state index is 5.80. The molecule has 4 heteroatoms. The molecule has 0 unspecified atom stereocenters. The largest absolute Gasteiger partial charge is 0.376 e. The van der Waals surface area contributed by atoms with Gasteiger partial charge in [0.2, 0.25) is 0 Å². The van der Waals surface area contributed by atoms with Gasteiger partial charge in [-0.1, -0.05) is 19.8 Å². The molecule has 4 nitrogen and oxygen atoms in total. The molecule has 0 aromatic rings. The lowest BCUT2D eigenvalue weighted by Crippen LogP contribution is -2.50. The van der Waals surface area contributed by atoms with Gasteiger partial charge in [0.05, 0.1) is 39.1 Å². The monoisotopic (exact) mass is 230 g/mol. The van der Waals surface area contributed by atoms with E-state index in [1.54, 1.807) is 0 Å². The summed E-state index contributed by atoms with van der Waals surface area (Å²) in [6.07, 6.45) is 3.71. The second-order valence-electron chi connectivity index (χ2n) is 4.37. The standard InChI is InChI=1S/C12H22O4/c1-2-3-4-10-12(16-8-7-14-10)11-9-13-5-6-15-11/h10-12H,2-9H2,1H3/t10-,11-,12+/m0/s1. The fourth-order valence-electron chi connectivity index (χ4n) is 2.28. The molecule has 0 aromatic carbocycles. The molecule has 0 amide bonds. The van der Waals surface area contributed by atoms with Crippen molar-refractivity contribution in [2.24, 2.45) is 0 Å². The quantitative estimate of drug-likeness (QED) is 0.731. The van der Waals surface area contributed by atoms with Crippen molar-refractivity contribution in [1.82, 2.24) is 0 Å². The maximum atomic E-state index is 5.80. The van der Waals surface area contributed by atoms with Gasteiger partial charge in [0.25, 0.3) is 0 Å². The summed E-state index contributed by atoms with van der Waals surface area (Å²) in [5.74, 6) is 0. The molecule has 0 radical (unpaired) electrons. The van der Waals surface area contributed by atoms with Gasteiger partial charge >= 0.3 is 0 Å². The second-order valence-corrected chi connectivity index (χ2v) is 4.37. The predicted molar refractivity (Wildman–Crippen MR) is 59.6 cm³/mol. The lowest BCUT2D eigenvalue weighted by molar-refractivity contribution is -0.215. The average Bonchev–Trinajstić information content (AvgIpc) is 2.38. The van der Waals surface area contributed by atoms with Gasteiger partial charge in [-0.15, -0.1) is 0 Å². The van der Waals surface area contributed by atoms with Crippen molar-refractivity contribution < 1.29 is 18.9 Å². The molecule has 94 valence electrons. The van der Waals surface area contributed by atoms with Crippen LogP contribution in [0.15, 0.2) is 0 Å². The second kappa shape index (κ2) is 6.55. The van der Waals surface area contributed by atoms with E-state index in [2.05, 4.69) is 6.92 Å². The van der Waals surface area contributed by atoms with E-state index in [1.165, 1.54) is 12.8 Å². The molecular formula is C12H22O4. The highest BCUT2D eigenvalue weighted by Gasteiger charge is 2.35. The van der Waals surface area contributed by atoms with E-state index < -0.39 is 0 Å². The van der Waals surface area contributed by atoms with E-state index in [0.717, 1.165) is 6.42 Å². The van der Waals surface area contributed by atoms with Gasteiger partial charge in [-0.2, -0.15) is 0 Å². The van der Waals surface area contributed by atoms with Crippen LogP contribution in [0.5, 0.6) is 0 Å². The van der Waals surface area contributed by atoms with Crippen LogP contribution in [0.2, 0.25) is 0 Å². The van der Waals surface area contributed by atoms with Gasteiger partial charge in [-0.25, -0.2) is 0 Å². The number of hydrogen-bond acceptors (Lipinski definition) is 4. The molecule has 2 aliphatic heterocycles. The van der Waals surface area contributed by atoms with Crippen LogP contribution in [-0.4, -0.2) is 51.3 Å². The fourth-order valence-corrected chi connectivity index (χ4v) is 2.28. The predicted octanol–water partition coefficient (Wildman–Crippen LogP) is 1.38. The van der Waals surface area contributed by atoms with Gasteiger partial charge in [0, 0.05) is 0 Å². The van der Waals surface area contributed by atoms with Gasteiger partial charge in [-0.3, -0.25) is 0 Å². The number of hydrogen-bond donors (Lipinski definition) is 0. The van der Waals surface area contributed by atoms with Crippen molar-refractivity contribution in [2.75, 3.05) is 33.0 Å². The Hall–Kier alpha value is -0.160. The molecule has 0 spiro atoms. The van der Waals surface area contributed by atoms with E-state index in [-0.39, 0.29) is 18.3 Å². The molecule has 0 aliphatic carbocycles. The summed E-state index contributed by atoms with van der Waals surface area (Å²) in [5, 5.41) is 0. The first-order valence-electron chi connectivity index (χ1n) is 6.34. The van der Waals surface area contributed by atoms with E-state index in [0.29, 0.717) is 33.0 Å². The van der Waals surface area contributed by atoms with Crippen molar-refractivity contribution in [2.45, 2.75) is 44.5 Å².